The highest BCUT2D eigenvalue weighted by molar-refractivity contribution is 7.71. The summed E-state index contributed by atoms with van der Waals surface area (Å²) >= 11 is 4.95. The molecule has 1 saturated carbocycles. The SMILES string of the molecule is COC1(c2nc(=S)[nH][nH]2)CCCCC1. The van der Waals surface area contributed by atoms with Crippen molar-refractivity contribution in [1.82, 2.24) is 15.2 Å². The van der Waals surface area contributed by atoms with Crippen molar-refractivity contribution < 1.29 is 4.74 Å². The predicted molar refractivity (Wildman–Crippen MR) is 55.5 cm³/mol. The molecule has 1 aromatic heterocycles. The van der Waals surface area contributed by atoms with Crippen LogP contribution < -0.4 is 0 Å². The van der Waals surface area contributed by atoms with Crippen molar-refractivity contribution in [2.24, 2.45) is 0 Å². The first-order chi connectivity index (χ1) is 6.77. The van der Waals surface area contributed by atoms with Crippen LogP contribution >= 0.6 is 12.2 Å². The second-order valence-corrected chi connectivity index (χ2v) is 4.16. The van der Waals surface area contributed by atoms with Gasteiger partial charge in [-0.3, -0.25) is 10.2 Å². The van der Waals surface area contributed by atoms with Crippen LogP contribution in [0.15, 0.2) is 0 Å². The van der Waals surface area contributed by atoms with Crippen LogP contribution in [0.3, 0.4) is 0 Å². The van der Waals surface area contributed by atoms with Crippen molar-refractivity contribution in [3.63, 3.8) is 0 Å². The topological polar surface area (TPSA) is 53.7 Å². The summed E-state index contributed by atoms with van der Waals surface area (Å²) in [4.78, 5) is 4.26. The molecule has 0 aromatic carbocycles. The fraction of sp³-hybridized carbons (Fsp3) is 0.778. The minimum atomic E-state index is -0.230. The quantitative estimate of drug-likeness (QED) is 0.741. The molecule has 0 atom stereocenters. The zero-order valence-corrected chi connectivity index (χ0v) is 9.12. The Kier molecular flexibility index (Phi) is 2.69. The van der Waals surface area contributed by atoms with E-state index in [9.17, 15) is 0 Å². The lowest BCUT2D eigenvalue weighted by Gasteiger charge is -2.33. The van der Waals surface area contributed by atoms with E-state index >= 15 is 0 Å². The van der Waals surface area contributed by atoms with E-state index in [1.54, 1.807) is 7.11 Å². The van der Waals surface area contributed by atoms with Gasteiger partial charge in [0.2, 0.25) is 4.77 Å². The van der Waals surface area contributed by atoms with Crippen molar-refractivity contribution in [1.29, 1.82) is 0 Å². The number of hydrogen-bond acceptors (Lipinski definition) is 3. The lowest BCUT2D eigenvalue weighted by Crippen LogP contribution is -2.32. The van der Waals surface area contributed by atoms with Crippen LogP contribution in [0, 0.1) is 4.77 Å². The average molecular weight is 213 g/mol. The van der Waals surface area contributed by atoms with Gasteiger partial charge in [0.05, 0.1) is 0 Å². The number of rotatable bonds is 2. The van der Waals surface area contributed by atoms with Crippen LogP contribution in [0.4, 0.5) is 0 Å². The lowest BCUT2D eigenvalue weighted by atomic mass is 9.84. The number of aromatic amines is 2. The molecule has 0 unspecified atom stereocenters. The normalized spacial score (nSPS) is 20.9. The molecule has 0 bridgehead atoms. The molecular formula is C9H15N3OS. The lowest BCUT2D eigenvalue weighted by molar-refractivity contribution is -0.0512. The number of methoxy groups -OCH3 is 1. The first-order valence-corrected chi connectivity index (χ1v) is 5.38. The number of aromatic nitrogens is 3. The van der Waals surface area contributed by atoms with Gasteiger partial charge in [-0.1, -0.05) is 19.3 Å². The first kappa shape index (κ1) is 9.86. The Labute approximate surface area is 88.1 Å². The van der Waals surface area contributed by atoms with Crippen LogP contribution in [0.2, 0.25) is 0 Å². The highest BCUT2D eigenvalue weighted by Gasteiger charge is 2.36. The van der Waals surface area contributed by atoms with Gasteiger partial charge >= 0.3 is 0 Å². The van der Waals surface area contributed by atoms with E-state index in [-0.39, 0.29) is 5.60 Å². The monoisotopic (exact) mass is 213 g/mol. The van der Waals surface area contributed by atoms with E-state index in [0.29, 0.717) is 4.77 Å². The second kappa shape index (κ2) is 3.82. The Bertz CT molecular complexity index is 351. The number of hydrogen-bond donors (Lipinski definition) is 2. The van der Waals surface area contributed by atoms with Gasteiger partial charge in [-0.15, -0.1) is 0 Å². The molecule has 1 aliphatic rings. The second-order valence-electron chi connectivity index (χ2n) is 3.77. The Morgan fingerprint density at radius 1 is 1.29 bits per heavy atom. The minimum absolute atomic E-state index is 0.230. The third-order valence-corrected chi connectivity index (χ3v) is 3.18. The summed E-state index contributed by atoms with van der Waals surface area (Å²) in [6, 6.07) is 0. The molecule has 2 N–H and O–H groups in total. The zero-order chi connectivity index (χ0) is 10.0. The maximum atomic E-state index is 5.62. The van der Waals surface area contributed by atoms with Crippen LogP contribution in [-0.4, -0.2) is 22.3 Å². The van der Waals surface area contributed by atoms with Crippen molar-refractivity contribution >= 4 is 12.2 Å². The van der Waals surface area contributed by atoms with E-state index < -0.39 is 0 Å². The van der Waals surface area contributed by atoms with Crippen LogP contribution in [0.5, 0.6) is 0 Å². The fourth-order valence-corrected chi connectivity index (χ4v) is 2.29. The van der Waals surface area contributed by atoms with Gasteiger partial charge in [-0.05, 0) is 25.1 Å². The largest absolute Gasteiger partial charge is 0.370 e. The molecule has 0 aliphatic heterocycles. The summed E-state index contributed by atoms with van der Waals surface area (Å²) in [7, 11) is 1.75. The summed E-state index contributed by atoms with van der Waals surface area (Å²) in [6.07, 6.45) is 5.73. The van der Waals surface area contributed by atoms with Crippen molar-refractivity contribution in [3.05, 3.63) is 10.6 Å². The highest BCUT2D eigenvalue weighted by Crippen LogP contribution is 2.37. The molecule has 0 radical (unpaired) electrons. The van der Waals surface area contributed by atoms with Crippen LogP contribution in [0.25, 0.3) is 0 Å². The third-order valence-electron chi connectivity index (χ3n) is 2.98. The van der Waals surface area contributed by atoms with Gasteiger partial charge in [-0.2, -0.15) is 0 Å². The molecule has 78 valence electrons. The predicted octanol–water partition coefficient (Wildman–Crippen LogP) is 2.27. The molecule has 1 fully saturated rings. The number of H-pyrrole nitrogens is 2. The first-order valence-electron chi connectivity index (χ1n) is 4.97. The summed E-state index contributed by atoms with van der Waals surface area (Å²) in [5, 5.41) is 5.83. The van der Waals surface area contributed by atoms with Gasteiger partial charge in [0.25, 0.3) is 0 Å². The Morgan fingerprint density at radius 2 is 2.00 bits per heavy atom. The molecule has 14 heavy (non-hydrogen) atoms. The summed E-state index contributed by atoms with van der Waals surface area (Å²) in [5.41, 5.74) is -0.230. The van der Waals surface area contributed by atoms with E-state index in [1.807, 2.05) is 0 Å². The van der Waals surface area contributed by atoms with Gasteiger partial charge < -0.3 is 4.74 Å². The van der Waals surface area contributed by atoms with Crippen molar-refractivity contribution in [3.8, 4) is 0 Å². The molecule has 1 aromatic rings. The molecule has 0 saturated heterocycles. The van der Waals surface area contributed by atoms with E-state index in [4.69, 9.17) is 17.0 Å². The Balaban J connectivity index is 2.31. The molecule has 1 aliphatic carbocycles. The molecule has 1 heterocycles. The number of nitrogens with zero attached hydrogens (tertiary/aromatic N) is 1. The van der Waals surface area contributed by atoms with Crippen LogP contribution in [0.1, 0.15) is 37.9 Å². The molecule has 5 heteroatoms. The number of nitrogens with one attached hydrogen (secondary N) is 2. The van der Waals surface area contributed by atoms with Crippen molar-refractivity contribution in [2.75, 3.05) is 7.11 Å². The van der Waals surface area contributed by atoms with Crippen molar-refractivity contribution in [2.45, 2.75) is 37.7 Å². The van der Waals surface area contributed by atoms with Crippen LogP contribution in [-0.2, 0) is 10.3 Å². The Morgan fingerprint density at radius 3 is 2.50 bits per heavy atom. The van der Waals surface area contributed by atoms with E-state index in [0.717, 1.165) is 18.7 Å². The molecular weight excluding hydrogens is 198 g/mol. The average Bonchev–Trinajstić information content (AvgIpc) is 2.66. The maximum absolute atomic E-state index is 5.62. The Hall–Kier alpha value is -0.680. The minimum Gasteiger partial charge on any atom is -0.370 e. The number of ether oxygens (including phenoxy) is 1. The standard InChI is InChI=1S/C9H15N3OS/c1-13-9(5-3-2-4-6-9)7-10-8(14)12-11-7/h2-6H2,1H3,(H2,10,11,12,14). The molecule has 2 rings (SSSR count). The third kappa shape index (κ3) is 1.62. The zero-order valence-electron chi connectivity index (χ0n) is 8.30. The molecule has 0 amide bonds. The summed E-state index contributed by atoms with van der Waals surface area (Å²) in [5.74, 6) is 0.852. The summed E-state index contributed by atoms with van der Waals surface area (Å²) in [6.45, 7) is 0. The summed E-state index contributed by atoms with van der Waals surface area (Å²) < 4.78 is 6.12. The van der Waals surface area contributed by atoms with E-state index in [1.165, 1.54) is 19.3 Å². The fourth-order valence-electron chi connectivity index (χ4n) is 2.15. The highest BCUT2D eigenvalue weighted by atomic mass is 32.1. The van der Waals surface area contributed by atoms with Gasteiger partial charge in [0.15, 0.2) is 5.82 Å². The molecule has 0 spiro atoms. The smallest absolute Gasteiger partial charge is 0.213 e. The molecule has 4 nitrogen and oxygen atoms in total. The van der Waals surface area contributed by atoms with Gasteiger partial charge in [-0.25, -0.2) is 4.98 Å². The van der Waals surface area contributed by atoms with Gasteiger partial charge in [0.1, 0.15) is 5.60 Å². The van der Waals surface area contributed by atoms with E-state index in [2.05, 4.69) is 15.2 Å². The maximum Gasteiger partial charge on any atom is 0.213 e. The van der Waals surface area contributed by atoms with Gasteiger partial charge in [0, 0.05) is 7.11 Å².